The number of pyridine rings is 2. The van der Waals surface area contributed by atoms with Crippen LogP contribution in [0.5, 0.6) is 11.8 Å². The van der Waals surface area contributed by atoms with Crippen LogP contribution in [0.2, 0.25) is 0 Å². The first kappa shape index (κ1) is 15.5. The monoisotopic (exact) mass is 356 g/mol. The zero-order chi connectivity index (χ0) is 18.4. The van der Waals surface area contributed by atoms with E-state index < -0.39 is 0 Å². The third-order valence-corrected chi connectivity index (χ3v) is 4.53. The van der Waals surface area contributed by atoms with Gasteiger partial charge in [-0.15, -0.1) is 0 Å². The molecule has 132 valence electrons. The van der Waals surface area contributed by atoms with Gasteiger partial charge >= 0.3 is 6.01 Å². The molecule has 27 heavy (non-hydrogen) atoms. The molecule has 1 aromatic carbocycles. The van der Waals surface area contributed by atoms with Gasteiger partial charge < -0.3 is 4.74 Å². The molecule has 4 heterocycles. The molecule has 0 atom stereocenters. The summed E-state index contributed by atoms with van der Waals surface area (Å²) < 4.78 is 9.62. The van der Waals surface area contributed by atoms with Gasteiger partial charge in [-0.1, -0.05) is 0 Å². The van der Waals surface area contributed by atoms with Gasteiger partial charge in [0.05, 0.1) is 5.52 Å². The van der Waals surface area contributed by atoms with Gasteiger partial charge in [0.25, 0.3) is 0 Å². The molecule has 0 fully saturated rings. The fourth-order valence-electron chi connectivity index (χ4n) is 3.17. The minimum absolute atomic E-state index is 0.501. The van der Waals surface area contributed by atoms with Crippen LogP contribution in [-0.4, -0.2) is 29.3 Å². The highest BCUT2D eigenvalue weighted by molar-refractivity contribution is 5.89. The second-order valence-electron chi connectivity index (χ2n) is 6.27. The second kappa shape index (κ2) is 5.91. The molecule has 0 amide bonds. The van der Waals surface area contributed by atoms with Crippen molar-refractivity contribution >= 4 is 22.2 Å². The summed E-state index contributed by atoms with van der Waals surface area (Å²) in [7, 11) is 3.81. The van der Waals surface area contributed by atoms with Gasteiger partial charge in [-0.3, -0.25) is 14.2 Å². The molecule has 0 aliphatic heterocycles. The van der Waals surface area contributed by atoms with Crippen molar-refractivity contribution in [2.75, 3.05) is 0 Å². The molecule has 0 saturated heterocycles. The third-order valence-electron chi connectivity index (χ3n) is 4.53. The number of fused-ring (bicyclic) bond motifs is 2. The van der Waals surface area contributed by atoms with E-state index in [4.69, 9.17) is 4.74 Å². The van der Waals surface area contributed by atoms with Crippen LogP contribution in [0.4, 0.5) is 0 Å². The summed E-state index contributed by atoms with van der Waals surface area (Å²) in [5.41, 5.74) is 5.31. The van der Waals surface area contributed by atoms with Gasteiger partial charge in [-0.2, -0.15) is 10.1 Å². The lowest BCUT2D eigenvalue weighted by Crippen LogP contribution is -1.95. The quantitative estimate of drug-likeness (QED) is 0.493. The Morgan fingerprint density at radius 2 is 1.67 bits per heavy atom. The molecule has 0 N–H and O–H groups in total. The smallest absolute Gasteiger partial charge is 0.303 e. The van der Waals surface area contributed by atoms with E-state index in [9.17, 15) is 0 Å². The van der Waals surface area contributed by atoms with E-state index in [2.05, 4.69) is 20.1 Å². The average molecular weight is 356 g/mol. The topological polar surface area (TPSA) is 70.7 Å². The van der Waals surface area contributed by atoms with Gasteiger partial charge in [0.2, 0.25) is 0 Å². The number of hydrogen-bond donors (Lipinski definition) is 0. The van der Waals surface area contributed by atoms with Gasteiger partial charge in [0, 0.05) is 32.1 Å². The van der Waals surface area contributed by atoms with Crippen LogP contribution < -0.4 is 4.74 Å². The number of aryl methyl sites for hydroxylation is 2. The second-order valence-corrected chi connectivity index (χ2v) is 6.27. The standard InChI is InChI=1S/C20H16N6O/c1-25-19-15(5-3-12-22-19)23-20(25)27-14-9-7-13(8-10-14)17-18-16(26(2)24-17)6-4-11-21-18/h3-12H,1-2H3. The summed E-state index contributed by atoms with van der Waals surface area (Å²) in [6, 6.07) is 16.0. The first-order valence-electron chi connectivity index (χ1n) is 8.54. The molecular weight excluding hydrogens is 340 g/mol. The summed E-state index contributed by atoms with van der Waals surface area (Å²) in [5, 5.41) is 4.61. The highest BCUT2D eigenvalue weighted by Crippen LogP contribution is 2.29. The molecule has 7 nitrogen and oxygen atoms in total. The van der Waals surface area contributed by atoms with Gasteiger partial charge in [-0.25, -0.2) is 4.98 Å². The molecule has 5 rings (SSSR count). The number of rotatable bonds is 3. The van der Waals surface area contributed by atoms with Crippen molar-refractivity contribution in [3.8, 4) is 23.0 Å². The minimum atomic E-state index is 0.501. The molecule has 4 aromatic heterocycles. The summed E-state index contributed by atoms with van der Waals surface area (Å²) in [6.45, 7) is 0. The van der Waals surface area contributed by atoms with E-state index in [0.717, 1.165) is 33.5 Å². The normalized spacial score (nSPS) is 11.3. The van der Waals surface area contributed by atoms with Gasteiger partial charge in [-0.05, 0) is 48.5 Å². The molecule has 0 bridgehead atoms. The van der Waals surface area contributed by atoms with Crippen molar-refractivity contribution in [3.05, 3.63) is 60.9 Å². The average Bonchev–Trinajstić information content (AvgIpc) is 3.21. The number of ether oxygens (including phenoxy) is 1. The SMILES string of the molecule is Cn1nc(-c2ccc(Oc3nc4cccnc4n3C)cc2)c2ncccc21. The van der Waals surface area contributed by atoms with E-state index in [0.29, 0.717) is 11.8 Å². The number of nitrogens with zero attached hydrogens (tertiary/aromatic N) is 6. The number of hydrogen-bond acceptors (Lipinski definition) is 5. The van der Waals surface area contributed by atoms with Crippen LogP contribution in [0, 0.1) is 0 Å². The lowest BCUT2D eigenvalue weighted by atomic mass is 10.1. The summed E-state index contributed by atoms with van der Waals surface area (Å²) in [6.07, 6.45) is 3.53. The van der Waals surface area contributed by atoms with Crippen molar-refractivity contribution < 1.29 is 4.74 Å². The zero-order valence-electron chi connectivity index (χ0n) is 14.9. The van der Waals surface area contributed by atoms with E-state index in [1.807, 2.05) is 71.9 Å². The predicted molar refractivity (Wildman–Crippen MR) is 103 cm³/mol. The summed E-state index contributed by atoms with van der Waals surface area (Å²) in [5.74, 6) is 0.699. The fourth-order valence-corrected chi connectivity index (χ4v) is 3.17. The van der Waals surface area contributed by atoms with Gasteiger partial charge in [0.1, 0.15) is 22.5 Å². The molecule has 0 saturated carbocycles. The highest BCUT2D eigenvalue weighted by Gasteiger charge is 2.13. The van der Waals surface area contributed by atoms with Crippen LogP contribution in [0.25, 0.3) is 33.5 Å². The number of benzene rings is 1. The van der Waals surface area contributed by atoms with Crippen LogP contribution in [0.1, 0.15) is 0 Å². The number of imidazole rings is 1. The highest BCUT2D eigenvalue weighted by atomic mass is 16.5. The fraction of sp³-hybridized carbons (Fsp3) is 0.100. The maximum absolute atomic E-state index is 5.95. The van der Waals surface area contributed by atoms with Crippen molar-refractivity contribution in [2.24, 2.45) is 14.1 Å². The van der Waals surface area contributed by atoms with Crippen LogP contribution in [0.15, 0.2) is 60.9 Å². The molecule has 7 heteroatoms. The molecule has 5 aromatic rings. The maximum Gasteiger partial charge on any atom is 0.303 e. The molecule has 0 radical (unpaired) electrons. The van der Waals surface area contributed by atoms with E-state index >= 15 is 0 Å². The first-order chi connectivity index (χ1) is 13.2. The Balaban J connectivity index is 1.48. The van der Waals surface area contributed by atoms with Crippen molar-refractivity contribution in [1.29, 1.82) is 0 Å². The Hall–Kier alpha value is -3.74. The molecular formula is C20H16N6O. The molecule has 0 aliphatic carbocycles. The first-order valence-corrected chi connectivity index (χ1v) is 8.54. The lowest BCUT2D eigenvalue weighted by molar-refractivity contribution is 0.427. The largest absolute Gasteiger partial charge is 0.425 e. The van der Waals surface area contributed by atoms with Gasteiger partial charge in [0.15, 0.2) is 5.65 Å². The number of aromatic nitrogens is 6. The van der Waals surface area contributed by atoms with E-state index in [1.54, 1.807) is 12.4 Å². The summed E-state index contributed by atoms with van der Waals surface area (Å²) >= 11 is 0. The molecule has 0 spiro atoms. The Morgan fingerprint density at radius 3 is 2.48 bits per heavy atom. The summed E-state index contributed by atoms with van der Waals surface area (Å²) in [4.78, 5) is 13.3. The third kappa shape index (κ3) is 2.52. The lowest BCUT2D eigenvalue weighted by Gasteiger charge is -2.05. The van der Waals surface area contributed by atoms with Crippen molar-refractivity contribution in [2.45, 2.75) is 0 Å². The van der Waals surface area contributed by atoms with Crippen molar-refractivity contribution in [3.63, 3.8) is 0 Å². The van der Waals surface area contributed by atoms with Crippen LogP contribution in [-0.2, 0) is 14.1 Å². The Bertz CT molecular complexity index is 1270. The Morgan fingerprint density at radius 1 is 0.889 bits per heavy atom. The Kier molecular flexibility index (Phi) is 3.39. The maximum atomic E-state index is 5.95. The zero-order valence-corrected chi connectivity index (χ0v) is 14.9. The predicted octanol–water partition coefficient (Wildman–Crippen LogP) is 3.71. The van der Waals surface area contributed by atoms with Crippen LogP contribution in [0.3, 0.4) is 0 Å². The molecule has 0 aliphatic rings. The van der Waals surface area contributed by atoms with Crippen LogP contribution >= 0.6 is 0 Å². The van der Waals surface area contributed by atoms with Crippen molar-refractivity contribution in [1.82, 2.24) is 29.3 Å². The van der Waals surface area contributed by atoms with E-state index in [1.165, 1.54) is 0 Å². The molecule has 0 unspecified atom stereocenters. The van der Waals surface area contributed by atoms with E-state index in [-0.39, 0.29) is 0 Å². The Labute approximate surface area is 154 Å². The minimum Gasteiger partial charge on any atom is -0.425 e.